The van der Waals surface area contributed by atoms with Crippen LogP contribution in [0.25, 0.3) is 0 Å². The van der Waals surface area contributed by atoms with Gasteiger partial charge in [0.2, 0.25) is 0 Å². The van der Waals surface area contributed by atoms with E-state index < -0.39 is 17.5 Å². The monoisotopic (exact) mass is 255 g/mol. The average molecular weight is 255 g/mol. The Morgan fingerprint density at radius 1 is 1.61 bits per heavy atom. The maximum atomic E-state index is 11.7. The SMILES string of the molecule is CCC(C)(NC(=O)NC(C)c1ncn[nH]1)C(=O)O. The maximum Gasteiger partial charge on any atom is 0.329 e. The molecule has 2 unspecified atom stereocenters. The van der Waals surface area contributed by atoms with Crippen LogP contribution in [0, 0.1) is 0 Å². The van der Waals surface area contributed by atoms with Gasteiger partial charge in [-0.3, -0.25) is 5.10 Å². The molecule has 0 aliphatic rings. The lowest BCUT2D eigenvalue weighted by atomic mass is 10.00. The van der Waals surface area contributed by atoms with Gasteiger partial charge in [-0.25, -0.2) is 14.6 Å². The first-order valence-corrected chi connectivity index (χ1v) is 5.56. The summed E-state index contributed by atoms with van der Waals surface area (Å²) in [6.45, 7) is 4.85. The minimum Gasteiger partial charge on any atom is -0.480 e. The van der Waals surface area contributed by atoms with Crippen molar-refractivity contribution in [2.45, 2.75) is 38.8 Å². The summed E-state index contributed by atoms with van der Waals surface area (Å²) in [5, 5.41) is 20.3. The molecule has 0 saturated heterocycles. The molecule has 0 saturated carbocycles. The Hall–Kier alpha value is -2.12. The number of rotatable bonds is 5. The van der Waals surface area contributed by atoms with Crippen LogP contribution in [0.1, 0.15) is 39.1 Å². The molecule has 0 fully saturated rings. The molecule has 0 aromatic carbocycles. The van der Waals surface area contributed by atoms with Crippen LogP contribution in [0.4, 0.5) is 4.79 Å². The molecule has 1 rings (SSSR count). The van der Waals surface area contributed by atoms with Crippen molar-refractivity contribution in [2.24, 2.45) is 0 Å². The standard InChI is InChI=1S/C10H17N5O3/c1-4-10(3,8(16)17)14-9(18)13-6(2)7-11-5-12-15-7/h5-6H,4H2,1-3H3,(H,16,17)(H,11,12,15)(H2,13,14,18). The van der Waals surface area contributed by atoms with Crippen LogP contribution in [0.15, 0.2) is 6.33 Å². The van der Waals surface area contributed by atoms with E-state index in [0.717, 1.165) is 0 Å². The van der Waals surface area contributed by atoms with Gasteiger partial charge in [0, 0.05) is 0 Å². The van der Waals surface area contributed by atoms with Crippen molar-refractivity contribution in [3.8, 4) is 0 Å². The van der Waals surface area contributed by atoms with Crippen molar-refractivity contribution < 1.29 is 14.7 Å². The number of carboxylic acid groups (broad SMARTS) is 1. The van der Waals surface area contributed by atoms with Crippen LogP contribution in [0.3, 0.4) is 0 Å². The minimum absolute atomic E-state index is 0.284. The second kappa shape index (κ2) is 5.48. The summed E-state index contributed by atoms with van der Waals surface area (Å²) in [4.78, 5) is 26.6. The Morgan fingerprint density at radius 3 is 2.72 bits per heavy atom. The van der Waals surface area contributed by atoms with Crippen LogP contribution in [0.5, 0.6) is 0 Å². The number of aliphatic carboxylic acids is 1. The van der Waals surface area contributed by atoms with Crippen LogP contribution in [-0.2, 0) is 4.79 Å². The van der Waals surface area contributed by atoms with Crippen LogP contribution in [-0.4, -0.2) is 37.8 Å². The number of amides is 2. The Morgan fingerprint density at radius 2 is 2.28 bits per heavy atom. The number of carbonyl (C=O) groups is 2. The van der Waals surface area contributed by atoms with Crippen molar-refractivity contribution >= 4 is 12.0 Å². The molecular formula is C10H17N5O3. The molecule has 2 atom stereocenters. The fraction of sp³-hybridized carbons (Fsp3) is 0.600. The van der Waals surface area contributed by atoms with Gasteiger partial charge in [-0.15, -0.1) is 0 Å². The van der Waals surface area contributed by atoms with Crippen molar-refractivity contribution in [2.75, 3.05) is 0 Å². The van der Waals surface area contributed by atoms with Crippen LogP contribution in [0.2, 0.25) is 0 Å². The first-order chi connectivity index (χ1) is 8.39. The lowest BCUT2D eigenvalue weighted by Crippen LogP contribution is -2.55. The summed E-state index contributed by atoms with van der Waals surface area (Å²) < 4.78 is 0. The molecule has 0 radical (unpaired) electrons. The number of aromatic nitrogens is 3. The highest BCUT2D eigenvalue weighted by molar-refractivity contribution is 5.85. The van der Waals surface area contributed by atoms with E-state index in [1.54, 1.807) is 13.8 Å². The first kappa shape index (κ1) is 13.9. The van der Waals surface area contributed by atoms with Crippen molar-refractivity contribution in [1.82, 2.24) is 25.8 Å². The Balaban J connectivity index is 2.59. The van der Waals surface area contributed by atoms with E-state index in [4.69, 9.17) is 5.11 Å². The van der Waals surface area contributed by atoms with E-state index in [1.165, 1.54) is 13.3 Å². The highest BCUT2D eigenvalue weighted by Gasteiger charge is 2.33. The van der Waals surface area contributed by atoms with E-state index in [-0.39, 0.29) is 12.5 Å². The second-order valence-corrected chi connectivity index (χ2v) is 4.18. The average Bonchev–Trinajstić information content (AvgIpc) is 2.81. The zero-order chi connectivity index (χ0) is 13.8. The molecule has 1 aromatic rings. The molecule has 1 aromatic heterocycles. The normalized spacial score (nSPS) is 15.5. The third-order valence-electron chi connectivity index (χ3n) is 2.76. The summed E-state index contributed by atoms with van der Waals surface area (Å²) in [5.41, 5.74) is -1.29. The molecule has 2 amide bonds. The lowest BCUT2D eigenvalue weighted by Gasteiger charge is -2.25. The smallest absolute Gasteiger partial charge is 0.329 e. The van der Waals surface area contributed by atoms with Crippen molar-refractivity contribution in [3.05, 3.63) is 12.2 Å². The van der Waals surface area contributed by atoms with Gasteiger partial charge in [-0.2, -0.15) is 5.10 Å². The number of hydrogen-bond donors (Lipinski definition) is 4. The fourth-order valence-corrected chi connectivity index (χ4v) is 1.27. The third kappa shape index (κ3) is 3.19. The summed E-state index contributed by atoms with van der Waals surface area (Å²) in [7, 11) is 0. The summed E-state index contributed by atoms with van der Waals surface area (Å²) in [6.07, 6.45) is 1.62. The molecule has 8 nitrogen and oxygen atoms in total. The predicted molar refractivity (Wildman–Crippen MR) is 62.8 cm³/mol. The maximum absolute atomic E-state index is 11.7. The highest BCUT2D eigenvalue weighted by Crippen LogP contribution is 2.10. The molecule has 8 heteroatoms. The molecule has 0 aliphatic carbocycles. The van der Waals surface area contributed by atoms with E-state index in [0.29, 0.717) is 5.82 Å². The topological polar surface area (TPSA) is 120 Å². The molecule has 18 heavy (non-hydrogen) atoms. The molecule has 0 aliphatic heterocycles. The third-order valence-corrected chi connectivity index (χ3v) is 2.76. The summed E-state index contributed by atoms with van der Waals surface area (Å²) in [6, 6.07) is -0.951. The quantitative estimate of drug-likeness (QED) is 0.607. The fourth-order valence-electron chi connectivity index (χ4n) is 1.27. The molecule has 1 heterocycles. The van der Waals surface area contributed by atoms with E-state index in [1.807, 2.05) is 0 Å². The summed E-state index contributed by atoms with van der Waals surface area (Å²) in [5.74, 6) is -0.578. The Kier molecular flexibility index (Phi) is 4.24. The predicted octanol–water partition coefficient (Wildman–Crippen LogP) is 0.418. The van der Waals surface area contributed by atoms with Crippen molar-refractivity contribution in [3.63, 3.8) is 0 Å². The molecule has 100 valence electrons. The van der Waals surface area contributed by atoms with Crippen LogP contribution >= 0.6 is 0 Å². The molecule has 0 spiro atoms. The van der Waals surface area contributed by atoms with Gasteiger partial charge in [0.1, 0.15) is 17.7 Å². The zero-order valence-corrected chi connectivity index (χ0v) is 10.5. The van der Waals surface area contributed by atoms with Gasteiger partial charge in [0.05, 0.1) is 6.04 Å². The van der Waals surface area contributed by atoms with E-state index in [2.05, 4.69) is 25.8 Å². The number of aromatic amines is 1. The lowest BCUT2D eigenvalue weighted by molar-refractivity contribution is -0.143. The number of carboxylic acids is 1. The number of H-pyrrole nitrogens is 1. The van der Waals surface area contributed by atoms with Gasteiger partial charge < -0.3 is 15.7 Å². The highest BCUT2D eigenvalue weighted by atomic mass is 16.4. The van der Waals surface area contributed by atoms with Crippen molar-refractivity contribution in [1.29, 1.82) is 0 Å². The number of nitrogens with zero attached hydrogens (tertiary/aromatic N) is 2. The van der Waals surface area contributed by atoms with Gasteiger partial charge in [0.25, 0.3) is 0 Å². The second-order valence-electron chi connectivity index (χ2n) is 4.18. The zero-order valence-electron chi connectivity index (χ0n) is 10.5. The summed E-state index contributed by atoms with van der Waals surface area (Å²) >= 11 is 0. The van der Waals surface area contributed by atoms with Gasteiger partial charge in [-0.1, -0.05) is 6.92 Å². The van der Waals surface area contributed by atoms with Gasteiger partial charge >= 0.3 is 12.0 Å². The van der Waals surface area contributed by atoms with E-state index >= 15 is 0 Å². The van der Waals surface area contributed by atoms with E-state index in [9.17, 15) is 9.59 Å². The number of urea groups is 1. The first-order valence-electron chi connectivity index (χ1n) is 5.56. The van der Waals surface area contributed by atoms with Gasteiger partial charge in [0.15, 0.2) is 0 Å². The number of hydrogen-bond acceptors (Lipinski definition) is 4. The molecule has 0 bridgehead atoms. The molecular weight excluding hydrogens is 238 g/mol. The Bertz CT molecular complexity index is 419. The molecule has 4 N–H and O–H groups in total. The number of nitrogens with one attached hydrogen (secondary N) is 3. The number of carbonyl (C=O) groups excluding carboxylic acids is 1. The van der Waals surface area contributed by atoms with Crippen LogP contribution < -0.4 is 10.6 Å². The van der Waals surface area contributed by atoms with Gasteiger partial charge in [-0.05, 0) is 20.3 Å². The minimum atomic E-state index is -1.29. The largest absolute Gasteiger partial charge is 0.480 e. The Labute approximate surface area is 104 Å².